The van der Waals surface area contributed by atoms with Crippen LogP contribution < -0.4 is 5.73 Å². The molecule has 2 N–H and O–H groups in total. The first-order valence-electron chi connectivity index (χ1n) is 7.00. The molecule has 0 bridgehead atoms. The van der Waals surface area contributed by atoms with Crippen LogP contribution in [0.4, 0.5) is 5.95 Å². The fourth-order valence-electron chi connectivity index (χ4n) is 2.67. The van der Waals surface area contributed by atoms with E-state index in [1.165, 1.54) is 13.0 Å². The molecule has 3 atom stereocenters. The van der Waals surface area contributed by atoms with Crippen LogP contribution in [0.3, 0.4) is 0 Å². The fourth-order valence-corrected chi connectivity index (χ4v) is 2.67. The van der Waals surface area contributed by atoms with E-state index in [1.807, 2.05) is 0 Å². The monoisotopic (exact) mass is 317 g/mol. The molecule has 0 aromatic carbocycles. The Bertz CT molecular complexity index is 811. The molecular weight excluding hydrogens is 302 g/mol. The Kier molecular flexibility index (Phi) is 3.81. The molecule has 9 heteroatoms. The molecule has 2 aromatic rings. The molecule has 1 saturated heterocycles. The van der Waals surface area contributed by atoms with Gasteiger partial charge in [-0.15, -0.1) is 0 Å². The van der Waals surface area contributed by atoms with Gasteiger partial charge in [-0.3, -0.25) is 9.36 Å². The first kappa shape index (κ1) is 15.1. The van der Waals surface area contributed by atoms with Crippen molar-refractivity contribution in [2.75, 3.05) is 5.73 Å². The van der Waals surface area contributed by atoms with Gasteiger partial charge in [-0.25, -0.2) is 14.8 Å². The van der Waals surface area contributed by atoms with Gasteiger partial charge < -0.3 is 15.2 Å². The molecule has 1 aliphatic rings. The minimum atomic E-state index is -0.667. The number of rotatable bonds is 3. The molecule has 0 radical (unpaired) electrons. The zero-order chi connectivity index (χ0) is 16.6. The Balaban J connectivity index is 1.96. The van der Waals surface area contributed by atoms with Crippen molar-refractivity contribution in [2.45, 2.75) is 38.7 Å². The number of nitrogens with zero attached hydrogens (tertiary/aromatic N) is 4. The topological polar surface area (TPSA) is 122 Å². The molecule has 120 valence electrons. The Hall–Kier alpha value is -2.77. The van der Waals surface area contributed by atoms with Crippen LogP contribution in [0.15, 0.2) is 12.4 Å². The number of hydrogen-bond acceptors (Lipinski definition) is 8. The highest BCUT2D eigenvalue weighted by Crippen LogP contribution is 2.33. The number of fused-ring (bicyclic) bond motifs is 1. The number of ether oxygens (including phenoxy) is 2. The second-order valence-electron chi connectivity index (χ2n) is 5.21. The summed E-state index contributed by atoms with van der Waals surface area (Å²) in [6.07, 6.45) is 1.38. The van der Waals surface area contributed by atoms with E-state index in [0.717, 1.165) is 0 Å². The maximum atomic E-state index is 11.2. The van der Waals surface area contributed by atoms with Crippen LogP contribution in [0.5, 0.6) is 0 Å². The first-order chi connectivity index (χ1) is 11.0. The number of anilines is 1. The highest BCUT2D eigenvalue weighted by molar-refractivity contribution is 5.74. The van der Waals surface area contributed by atoms with E-state index in [2.05, 4.69) is 15.0 Å². The highest BCUT2D eigenvalue weighted by atomic mass is 16.6. The summed E-state index contributed by atoms with van der Waals surface area (Å²) in [5, 5.41) is 0. The van der Waals surface area contributed by atoms with Gasteiger partial charge in [0.2, 0.25) is 5.95 Å². The van der Waals surface area contributed by atoms with Gasteiger partial charge in [-0.1, -0.05) is 0 Å². The molecule has 0 amide bonds. The van der Waals surface area contributed by atoms with E-state index in [0.29, 0.717) is 23.3 Å². The van der Waals surface area contributed by atoms with Gasteiger partial charge in [0.05, 0.1) is 12.0 Å². The first-order valence-corrected chi connectivity index (χ1v) is 7.00. The molecule has 0 unspecified atom stereocenters. The van der Waals surface area contributed by atoms with Crippen LogP contribution in [0.25, 0.3) is 11.2 Å². The number of imidazole rings is 1. The summed E-state index contributed by atoms with van der Waals surface area (Å²) in [5.41, 5.74) is 7.48. The summed E-state index contributed by atoms with van der Waals surface area (Å²) in [4.78, 5) is 34.3. The lowest BCUT2D eigenvalue weighted by molar-refractivity contribution is -0.147. The van der Waals surface area contributed by atoms with Gasteiger partial charge in [-0.05, 0) is 6.92 Å². The van der Waals surface area contributed by atoms with Crippen LogP contribution >= 0.6 is 0 Å². The largest absolute Gasteiger partial charge is 0.459 e. The number of hydrogen-bond donors (Lipinski definition) is 1. The summed E-state index contributed by atoms with van der Waals surface area (Å²) >= 11 is 0. The molecule has 0 spiro atoms. The lowest BCUT2D eigenvalue weighted by atomic mass is 10.2. The maximum Gasteiger partial charge on any atom is 0.303 e. The molecule has 9 nitrogen and oxygen atoms in total. The molecule has 23 heavy (non-hydrogen) atoms. The van der Waals surface area contributed by atoms with Gasteiger partial charge in [0, 0.05) is 19.4 Å². The van der Waals surface area contributed by atoms with Crippen LogP contribution in [0.1, 0.15) is 25.3 Å². The number of carbonyl (C=O) groups is 1. The quantitative estimate of drug-likeness (QED) is 0.634. The predicted molar refractivity (Wildman–Crippen MR) is 78.8 cm³/mol. The number of esters is 1. The summed E-state index contributed by atoms with van der Waals surface area (Å²) in [6.45, 7) is 3.09. The number of aryl methyl sites for hydroxylation is 1. The Morgan fingerprint density at radius 3 is 3.04 bits per heavy atom. The predicted octanol–water partition coefficient (Wildman–Crippen LogP) is 0.324. The van der Waals surface area contributed by atoms with Gasteiger partial charge in [0.1, 0.15) is 29.9 Å². The minimum Gasteiger partial charge on any atom is -0.459 e. The standard InChI is InChI=1S/C14H15N5O4/c1-7-12-13(18-14(15)17-7)19(6-16-12)11-5-10(22-8(2)21)9(23-11)3-4-20/h3,6,9-11H,5H2,1-2H3,(H2,15,17,18)/t9-,10+,11-/m1/s1. The second-order valence-corrected chi connectivity index (χ2v) is 5.21. The number of nitrogens with two attached hydrogens (primary N) is 1. The van der Waals surface area contributed by atoms with Crippen molar-refractivity contribution in [3.8, 4) is 0 Å². The third-order valence-corrected chi connectivity index (χ3v) is 3.59. The second kappa shape index (κ2) is 5.79. The maximum absolute atomic E-state index is 11.2. The smallest absolute Gasteiger partial charge is 0.303 e. The molecule has 1 aliphatic heterocycles. The zero-order valence-electron chi connectivity index (χ0n) is 12.6. The van der Waals surface area contributed by atoms with E-state index in [9.17, 15) is 9.59 Å². The number of carbonyl (C=O) groups excluding carboxylic acids is 2. The van der Waals surface area contributed by atoms with E-state index >= 15 is 0 Å². The fraction of sp³-hybridized carbons (Fsp3) is 0.429. The van der Waals surface area contributed by atoms with E-state index in [4.69, 9.17) is 15.2 Å². The van der Waals surface area contributed by atoms with Gasteiger partial charge >= 0.3 is 5.97 Å². The molecule has 2 aromatic heterocycles. The Morgan fingerprint density at radius 2 is 2.35 bits per heavy atom. The highest BCUT2D eigenvalue weighted by Gasteiger charge is 2.38. The number of nitrogen functional groups attached to an aromatic ring is 1. The molecule has 3 heterocycles. The van der Waals surface area contributed by atoms with E-state index in [1.54, 1.807) is 23.8 Å². The van der Waals surface area contributed by atoms with Crippen LogP contribution in [0, 0.1) is 6.92 Å². The van der Waals surface area contributed by atoms with Crippen molar-refractivity contribution in [3.63, 3.8) is 0 Å². The van der Waals surface area contributed by atoms with Crippen LogP contribution in [-0.4, -0.2) is 43.6 Å². The molecule has 3 rings (SSSR count). The minimum absolute atomic E-state index is 0.135. The molecule has 0 aliphatic carbocycles. The van der Waals surface area contributed by atoms with Crippen LogP contribution in [0.2, 0.25) is 0 Å². The van der Waals surface area contributed by atoms with Crippen molar-refractivity contribution in [1.29, 1.82) is 0 Å². The Morgan fingerprint density at radius 1 is 1.57 bits per heavy atom. The molecule has 1 fully saturated rings. The lowest BCUT2D eigenvalue weighted by Gasteiger charge is -2.13. The van der Waals surface area contributed by atoms with E-state index < -0.39 is 24.4 Å². The summed E-state index contributed by atoms with van der Waals surface area (Å²) in [5.74, 6) is 1.36. The summed E-state index contributed by atoms with van der Waals surface area (Å²) < 4.78 is 12.7. The average Bonchev–Trinajstić information content (AvgIpc) is 3.03. The molecule has 0 saturated carbocycles. The van der Waals surface area contributed by atoms with Gasteiger partial charge in [-0.2, -0.15) is 4.98 Å². The van der Waals surface area contributed by atoms with Gasteiger partial charge in [0.15, 0.2) is 5.65 Å². The Labute approximate surface area is 131 Å². The van der Waals surface area contributed by atoms with Crippen molar-refractivity contribution < 1.29 is 19.1 Å². The van der Waals surface area contributed by atoms with Crippen LogP contribution in [-0.2, 0) is 19.1 Å². The van der Waals surface area contributed by atoms with E-state index in [-0.39, 0.29) is 5.95 Å². The van der Waals surface area contributed by atoms with Crippen molar-refractivity contribution in [3.05, 3.63) is 18.1 Å². The average molecular weight is 317 g/mol. The number of aromatic nitrogens is 4. The SMILES string of the molecule is CC(=O)O[C@H]1C[C@H](n2cnc3c(C)nc(N)nc32)O[C@@H]1C=C=O. The summed E-state index contributed by atoms with van der Waals surface area (Å²) in [7, 11) is 0. The van der Waals surface area contributed by atoms with Gasteiger partial charge in [0.25, 0.3) is 0 Å². The van der Waals surface area contributed by atoms with Crippen molar-refractivity contribution in [2.24, 2.45) is 0 Å². The van der Waals surface area contributed by atoms with Crippen molar-refractivity contribution >= 4 is 29.0 Å². The molecular formula is C14H15N5O4. The normalized spacial score (nSPS) is 23.7. The third kappa shape index (κ3) is 2.79. The van der Waals surface area contributed by atoms with Crippen molar-refractivity contribution in [1.82, 2.24) is 19.5 Å². The third-order valence-electron chi connectivity index (χ3n) is 3.59. The summed E-state index contributed by atoms with van der Waals surface area (Å²) in [6, 6.07) is 0. The zero-order valence-corrected chi connectivity index (χ0v) is 12.6. The lowest BCUT2D eigenvalue weighted by Crippen LogP contribution is -2.24.